The number of aromatic nitrogens is 4. The third-order valence-electron chi connectivity index (χ3n) is 4.24. The minimum Gasteiger partial charge on any atom is -0.361 e. The van der Waals surface area contributed by atoms with Gasteiger partial charge < -0.3 is 4.98 Å². The summed E-state index contributed by atoms with van der Waals surface area (Å²) in [7, 11) is 0. The molecule has 0 atom stereocenters. The summed E-state index contributed by atoms with van der Waals surface area (Å²) in [5.41, 5.74) is 5.01. The largest absolute Gasteiger partial charge is 0.361 e. The van der Waals surface area contributed by atoms with Crippen LogP contribution in [0.25, 0.3) is 39.1 Å². The van der Waals surface area contributed by atoms with Crippen LogP contribution in [0.3, 0.4) is 0 Å². The Labute approximate surface area is 138 Å². The molecule has 4 nitrogen and oxygen atoms in total. The number of fused-ring (bicyclic) bond motifs is 2. The predicted molar refractivity (Wildman–Crippen MR) is 96.2 cm³/mol. The molecular weight excluding hydrogens is 296 g/mol. The molecule has 2 aromatic carbocycles. The van der Waals surface area contributed by atoms with Crippen molar-refractivity contribution < 1.29 is 0 Å². The molecule has 0 spiro atoms. The first kappa shape index (κ1) is 13.1. The van der Waals surface area contributed by atoms with E-state index >= 15 is 0 Å². The molecule has 0 unspecified atom stereocenters. The van der Waals surface area contributed by atoms with Crippen LogP contribution >= 0.6 is 0 Å². The van der Waals surface area contributed by atoms with E-state index in [1.807, 2.05) is 42.7 Å². The Morgan fingerprint density at radius 2 is 1.79 bits per heavy atom. The van der Waals surface area contributed by atoms with Gasteiger partial charge in [0.15, 0.2) is 5.65 Å². The zero-order valence-corrected chi connectivity index (χ0v) is 12.8. The van der Waals surface area contributed by atoms with Gasteiger partial charge in [-0.05, 0) is 36.4 Å². The van der Waals surface area contributed by atoms with Crippen LogP contribution in [0.15, 0.2) is 79.1 Å². The molecule has 0 saturated heterocycles. The summed E-state index contributed by atoms with van der Waals surface area (Å²) >= 11 is 0. The molecule has 0 aliphatic heterocycles. The van der Waals surface area contributed by atoms with Gasteiger partial charge in [-0.15, -0.1) is 0 Å². The van der Waals surface area contributed by atoms with E-state index in [4.69, 9.17) is 4.98 Å². The molecule has 5 aromatic rings. The number of hydrogen-bond donors (Lipinski definition) is 1. The van der Waals surface area contributed by atoms with Crippen LogP contribution in [0.4, 0.5) is 0 Å². The molecule has 0 amide bonds. The highest BCUT2D eigenvalue weighted by Gasteiger charge is 2.15. The Bertz CT molecular complexity index is 1150. The van der Waals surface area contributed by atoms with E-state index < -0.39 is 0 Å². The van der Waals surface area contributed by atoms with Crippen molar-refractivity contribution in [2.24, 2.45) is 0 Å². The molecule has 0 aliphatic carbocycles. The average Bonchev–Trinajstić information content (AvgIpc) is 3.26. The van der Waals surface area contributed by atoms with Gasteiger partial charge in [0.2, 0.25) is 0 Å². The number of nitrogens with one attached hydrogen (secondary N) is 1. The van der Waals surface area contributed by atoms with Gasteiger partial charge in [-0.25, -0.2) is 9.97 Å². The first-order valence-electron chi connectivity index (χ1n) is 7.86. The van der Waals surface area contributed by atoms with Gasteiger partial charge in [0.1, 0.15) is 11.3 Å². The fraction of sp³-hybridized carbons (Fsp3) is 0. The van der Waals surface area contributed by atoms with Crippen molar-refractivity contribution in [3.8, 4) is 17.1 Å². The first-order chi connectivity index (χ1) is 11.9. The summed E-state index contributed by atoms with van der Waals surface area (Å²) in [6.07, 6.45) is 3.76. The highest BCUT2D eigenvalue weighted by atomic mass is 15.1. The number of aromatic amines is 1. The summed E-state index contributed by atoms with van der Waals surface area (Å²) in [5.74, 6) is 0.902. The molecule has 4 heteroatoms. The SMILES string of the molecule is c1ccc(-c2nc3cccnc3n2-c2ccc3[nH]ccc3c2)cc1. The fourth-order valence-electron chi connectivity index (χ4n) is 3.12. The van der Waals surface area contributed by atoms with E-state index in [0.29, 0.717) is 0 Å². The molecule has 0 saturated carbocycles. The maximum Gasteiger partial charge on any atom is 0.164 e. The van der Waals surface area contributed by atoms with Gasteiger partial charge in [-0.1, -0.05) is 30.3 Å². The number of nitrogens with zero attached hydrogens (tertiary/aromatic N) is 3. The third-order valence-corrected chi connectivity index (χ3v) is 4.24. The molecule has 114 valence electrons. The summed E-state index contributed by atoms with van der Waals surface area (Å²) in [6.45, 7) is 0. The van der Waals surface area contributed by atoms with Gasteiger partial charge in [-0.2, -0.15) is 0 Å². The van der Waals surface area contributed by atoms with Crippen LogP contribution in [0.5, 0.6) is 0 Å². The van der Waals surface area contributed by atoms with Crippen molar-refractivity contribution in [3.63, 3.8) is 0 Å². The Hall–Kier alpha value is -3.40. The first-order valence-corrected chi connectivity index (χ1v) is 7.86. The van der Waals surface area contributed by atoms with E-state index in [1.165, 1.54) is 5.39 Å². The Balaban J connectivity index is 1.85. The number of benzene rings is 2. The topological polar surface area (TPSA) is 46.5 Å². The smallest absolute Gasteiger partial charge is 0.164 e. The molecule has 0 bridgehead atoms. The van der Waals surface area contributed by atoms with E-state index in [-0.39, 0.29) is 0 Å². The van der Waals surface area contributed by atoms with Gasteiger partial charge in [0.05, 0.1) is 0 Å². The van der Waals surface area contributed by atoms with Crippen LogP contribution in [-0.4, -0.2) is 19.5 Å². The van der Waals surface area contributed by atoms with E-state index in [2.05, 4.69) is 50.9 Å². The van der Waals surface area contributed by atoms with Crippen molar-refractivity contribution in [1.29, 1.82) is 0 Å². The fourth-order valence-corrected chi connectivity index (χ4v) is 3.12. The van der Waals surface area contributed by atoms with Crippen LogP contribution in [-0.2, 0) is 0 Å². The number of H-pyrrole nitrogens is 1. The quantitative estimate of drug-likeness (QED) is 0.519. The summed E-state index contributed by atoms with van der Waals surface area (Å²) in [6, 6.07) is 22.6. The van der Waals surface area contributed by atoms with Crippen molar-refractivity contribution in [2.45, 2.75) is 0 Å². The highest BCUT2D eigenvalue weighted by molar-refractivity contribution is 5.85. The predicted octanol–water partition coefficient (Wildman–Crippen LogP) is 4.57. The minimum atomic E-state index is 0.867. The van der Waals surface area contributed by atoms with Gasteiger partial charge in [0.25, 0.3) is 0 Å². The van der Waals surface area contributed by atoms with E-state index in [0.717, 1.165) is 33.8 Å². The lowest BCUT2D eigenvalue weighted by atomic mass is 10.2. The lowest BCUT2D eigenvalue weighted by Gasteiger charge is -2.09. The molecule has 3 heterocycles. The van der Waals surface area contributed by atoms with Gasteiger partial charge >= 0.3 is 0 Å². The molecule has 0 fully saturated rings. The maximum atomic E-state index is 4.82. The Morgan fingerprint density at radius 3 is 2.71 bits per heavy atom. The molecule has 24 heavy (non-hydrogen) atoms. The van der Waals surface area contributed by atoms with Crippen molar-refractivity contribution in [1.82, 2.24) is 19.5 Å². The second kappa shape index (κ2) is 5.06. The third kappa shape index (κ3) is 1.93. The van der Waals surface area contributed by atoms with Crippen LogP contribution in [0.1, 0.15) is 0 Å². The second-order valence-corrected chi connectivity index (χ2v) is 5.73. The molecular formula is C20H14N4. The normalized spacial score (nSPS) is 11.3. The van der Waals surface area contributed by atoms with Crippen molar-refractivity contribution in [3.05, 3.63) is 79.1 Å². The van der Waals surface area contributed by atoms with Crippen LogP contribution in [0, 0.1) is 0 Å². The molecule has 0 radical (unpaired) electrons. The van der Waals surface area contributed by atoms with E-state index in [9.17, 15) is 0 Å². The molecule has 1 N–H and O–H groups in total. The Kier molecular flexibility index (Phi) is 2.76. The minimum absolute atomic E-state index is 0.867. The lowest BCUT2D eigenvalue weighted by Crippen LogP contribution is -1.98. The molecule has 0 aliphatic rings. The molecule has 5 rings (SSSR count). The maximum absolute atomic E-state index is 4.82. The lowest BCUT2D eigenvalue weighted by molar-refractivity contribution is 1.08. The number of hydrogen-bond acceptors (Lipinski definition) is 2. The molecule has 3 aromatic heterocycles. The van der Waals surface area contributed by atoms with Crippen LogP contribution in [0.2, 0.25) is 0 Å². The zero-order chi connectivity index (χ0) is 15.9. The van der Waals surface area contributed by atoms with Crippen LogP contribution < -0.4 is 0 Å². The van der Waals surface area contributed by atoms with Crippen molar-refractivity contribution in [2.75, 3.05) is 0 Å². The summed E-state index contributed by atoms with van der Waals surface area (Å²) in [5, 5.41) is 1.17. The average molecular weight is 310 g/mol. The standard InChI is InChI=1S/C20H14N4/c1-2-5-14(6-3-1)19-23-18-7-4-11-22-20(18)24(19)16-8-9-17-15(13-16)10-12-21-17/h1-13,21H. The zero-order valence-electron chi connectivity index (χ0n) is 12.8. The number of imidazole rings is 1. The summed E-state index contributed by atoms with van der Waals surface area (Å²) < 4.78 is 2.12. The Morgan fingerprint density at radius 1 is 0.875 bits per heavy atom. The number of rotatable bonds is 2. The second-order valence-electron chi connectivity index (χ2n) is 5.73. The van der Waals surface area contributed by atoms with Gasteiger partial charge in [-0.3, -0.25) is 4.57 Å². The number of pyridine rings is 1. The highest BCUT2D eigenvalue weighted by Crippen LogP contribution is 2.28. The van der Waals surface area contributed by atoms with Gasteiger partial charge in [0, 0.05) is 34.5 Å². The van der Waals surface area contributed by atoms with Crippen molar-refractivity contribution >= 4 is 22.1 Å². The van der Waals surface area contributed by atoms with E-state index in [1.54, 1.807) is 0 Å². The monoisotopic (exact) mass is 310 g/mol. The summed E-state index contributed by atoms with van der Waals surface area (Å²) in [4.78, 5) is 12.6.